The third-order valence-corrected chi connectivity index (χ3v) is 5.64. The molecule has 2 N–H and O–H groups in total. The lowest BCUT2D eigenvalue weighted by Crippen LogP contribution is -2.20. The van der Waals surface area contributed by atoms with Crippen LogP contribution in [0.1, 0.15) is 19.3 Å². The summed E-state index contributed by atoms with van der Waals surface area (Å²) in [6.45, 7) is -3.55. The van der Waals surface area contributed by atoms with E-state index in [1.54, 1.807) is 6.07 Å². The maximum Gasteiger partial charge on any atom is 0.695 e. The molecule has 1 aromatic heterocycles. The third-order valence-electron chi connectivity index (χ3n) is 3.57. The van der Waals surface area contributed by atoms with Crippen molar-refractivity contribution in [2.24, 2.45) is 5.92 Å². The summed E-state index contributed by atoms with van der Waals surface area (Å²) in [6.07, 6.45) is 2.85. The molecular formula is C13H18N3O7P2S+. The minimum atomic E-state index is -3.49. The highest BCUT2D eigenvalue weighted by Crippen LogP contribution is 2.46. The van der Waals surface area contributed by atoms with Gasteiger partial charge in [-0.1, -0.05) is 0 Å². The molecule has 1 fully saturated rings. The fraction of sp³-hybridized carbons (Fsp3) is 0.615. The van der Waals surface area contributed by atoms with Gasteiger partial charge in [0, 0.05) is 29.2 Å². The second kappa shape index (κ2) is 10.3. The molecule has 13 heteroatoms. The van der Waals surface area contributed by atoms with Gasteiger partial charge in [0.25, 0.3) is 0 Å². The summed E-state index contributed by atoms with van der Waals surface area (Å²) in [6, 6.07) is 3.47. The highest BCUT2D eigenvalue weighted by atomic mass is 32.5. The molecule has 0 radical (unpaired) electrons. The van der Waals surface area contributed by atoms with Crippen LogP contribution in [0.3, 0.4) is 0 Å². The van der Waals surface area contributed by atoms with Crippen LogP contribution in [0.15, 0.2) is 18.6 Å². The molecule has 0 aliphatic heterocycles. The van der Waals surface area contributed by atoms with E-state index in [0.29, 0.717) is 18.7 Å². The Hall–Kier alpha value is -1.08. The first kappa shape index (κ1) is 21.2. The van der Waals surface area contributed by atoms with Crippen LogP contribution < -0.4 is 4.74 Å². The predicted octanol–water partition coefficient (Wildman–Crippen LogP) is 1.83. The first-order valence-corrected chi connectivity index (χ1v) is 11.4. The van der Waals surface area contributed by atoms with Crippen LogP contribution in [0.2, 0.25) is 0 Å². The van der Waals surface area contributed by atoms with E-state index in [4.69, 9.17) is 40.3 Å². The summed E-state index contributed by atoms with van der Waals surface area (Å²) in [4.78, 5) is 26.8. The molecule has 1 aliphatic carbocycles. The summed E-state index contributed by atoms with van der Waals surface area (Å²) >= 11 is 4.87. The third kappa shape index (κ3) is 7.27. The zero-order valence-corrected chi connectivity index (χ0v) is 16.2. The second-order valence-corrected chi connectivity index (χ2v) is 8.93. The summed E-state index contributed by atoms with van der Waals surface area (Å²) in [5, 5.41) is 8.47. The summed E-state index contributed by atoms with van der Waals surface area (Å²) in [5.74, 6) is 0.0489. The Morgan fingerprint density at radius 2 is 2.27 bits per heavy atom. The zero-order chi connectivity index (χ0) is 19.0. The van der Waals surface area contributed by atoms with E-state index in [9.17, 15) is 9.46 Å². The molecule has 26 heavy (non-hydrogen) atoms. The fourth-order valence-corrected chi connectivity index (χ4v) is 4.18. The van der Waals surface area contributed by atoms with Gasteiger partial charge in [-0.2, -0.15) is 5.26 Å². The first-order valence-electron chi connectivity index (χ1n) is 7.64. The largest absolute Gasteiger partial charge is 0.695 e. The Balaban J connectivity index is 1.92. The lowest BCUT2D eigenvalue weighted by atomic mass is 10.1. The summed E-state index contributed by atoms with van der Waals surface area (Å²) in [7, 11) is -2.80. The number of nitriles is 1. The Bertz CT molecular complexity index is 690. The van der Waals surface area contributed by atoms with Crippen LogP contribution in [0, 0.1) is 17.2 Å². The van der Waals surface area contributed by atoms with Crippen molar-refractivity contribution < 1.29 is 32.7 Å². The molecular weight excluding hydrogens is 404 g/mol. The highest BCUT2D eigenvalue weighted by Gasteiger charge is 2.42. The van der Waals surface area contributed by atoms with Gasteiger partial charge in [-0.05, 0) is 18.2 Å². The number of hydrogen-bond donors (Lipinski definition) is 2. The van der Waals surface area contributed by atoms with Crippen molar-refractivity contribution in [3.05, 3.63) is 18.6 Å². The van der Waals surface area contributed by atoms with Crippen LogP contribution in [0.5, 0.6) is 5.88 Å². The number of nitrogens with zero attached hydrogens (tertiary/aromatic N) is 3. The molecule has 2 unspecified atom stereocenters. The van der Waals surface area contributed by atoms with Crippen LogP contribution in [0.4, 0.5) is 0 Å². The first-order chi connectivity index (χ1) is 12.4. The molecule has 5 atom stereocenters. The molecule has 0 bridgehead atoms. The van der Waals surface area contributed by atoms with Crippen molar-refractivity contribution in [1.82, 2.24) is 9.97 Å². The van der Waals surface area contributed by atoms with Gasteiger partial charge < -0.3 is 18.7 Å². The van der Waals surface area contributed by atoms with E-state index in [-0.39, 0.29) is 31.7 Å². The van der Waals surface area contributed by atoms with Crippen LogP contribution in [-0.2, 0) is 29.9 Å². The van der Waals surface area contributed by atoms with Crippen LogP contribution in [-0.4, -0.2) is 45.2 Å². The number of ether oxygens (including phenoxy) is 1. The Kier molecular flexibility index (Phi) is 8.41. The molecule has 0 amide bonds. The van der Waals surface area contributed by atoms with Gasteiger partial charge in [-0.25, -0.2) is 9.97 Å². The average Bonchev–Trinajstić information content (AvgIpc) is 2.95. The standard InChI is InChI=1S/C13H17N3O7P2S/c14-3-1-5-20-25(19,26)21-8-10-6-11(7-12(10)23-24(17)18)22-13-2-4-15-9-16-13/h2,4,9-12H,1,5-8H2,(H-,17,18,19,26)/p+1/t10-,11-,12+,25?/m1/s1. The lowest BCUT2D eigenvalue weighted by molar-refractivity contribution is 0.101. The molecule has 1 heterocycles. The van der Waals surface area contributed by atoms with Gasteiger partial charge in [0.05, 0.1) is 25.7 Å². The maximum absolute atomic E-state index is 11.0. The Morgan fingerprint density at radius 3 is 2.92 bits per heavy atom. The molecule has 2 rings (SSSR count). The number of hydrogen-bond acceptors (Lipinski definition) is 9. The molecule has 1 aromatic rings. The van der Waals surface area contributed by atoms with E-state index < -0.39 is 21.1 Å². The van der Waals surface area contributed by atoms with Crippen molar-refractivity contribution in [2.75, 3.05) is 13.2 Å². The van der Waals surface area contributed by atoms with Gasteiger partial charge in [-0.3, -0.25) is 0 Å². The number of rotatable bonds is 10. The quantitative estimate of drug-likeness (QED) is 0.421. The molecule has 1 saturated carbocycles. The molecule has 142 valence electrons. The van der Waals surface area contributed by atoms with E-state index in [1.807, 2.05) is 6.07 Å². The SMILES string of the molecule is N#CCCOP(O)(=S)OC[C@H]1C[C@@H](Oc2ccncn2)C[C@@H]1O[P+](=O)O. The molecule has 1 aliphatic rings. The fourth-order valence-electron chi connectivity index (χ4n) is 2.51. The van der Waals surface area contributed by atoms with Crippen LogP contribution in [0.25, 0.3) is 0 Å². The summed E-state index contributed by atoms with van der Waals surface area (Å²) < 4.78 is 32.1. The second-order valence-electron chi connectivity index (χ2n) is 5.41. The van der Waals surface area contributed by atoms with Gasteiger partial charge in [0.15, 0.2) is 0 Å². The van der Waals surface area contributed by atoms with Gasteiger partial charge in [0.2, 0.25) is 5.88 Å². The maximum atomic E-state index is 11.0. The van der Waals surface area contributed by atoms with Crippen molar-refractivity contribution in [3.8, 4) is 11.9 Å². The van der Waals surface area contributed by atoms with E-state index in [1.165, 1.54) is 12.5 Å². The van der Waals surface area contributed by atoms with E-state index in [2.05, 4.69) is 9.97 Å². The minimum absolute atomic E-state index is 0.0300. The Morgan fingerprint density at radius 1 is 1.46 bits per heavy atom. The molecule has 0 saturated heterocycles. The van der Waals surface area contributed by atoms with Gasteiger partial charge >= 0.3 is 15.0 Å². The monoisotopic (exact) mass is 422 g/mol. The normalized spacial score (nSPS) is 25.3. The number of aromatic nitrogens is 2. The molecule has 0 aromatic carbocycles. The van der Waals surface area contributed by atoms with Gasteiger partial charge in [0.1, 0.15) is 18.5 Å². The topological polar surface area (TPSA) is 144 Å². The van der Waals surface area contributed by atoms with Gasteiger partial charge in [-0.15, -0.1) is 9.42 Å². The predicted molar refractivity (Wildman–Crippen MR) is 92.5 cm³/mol. The highest BCUT2D eigenvalue weighted by molar-refractivity contribution is 8.07. The van der Waals surface area contributed by atoms with Crippen molar-refractivity contribution in [2.45, 2.75) is 31.5 Å². The van der Waals surface area contributed by atoms with Crippen molar-refractivity contribution >= 4 is 26.8 Å². The smallest absolute Gasteiger partial charge is 0.474 e. The zero-order valence-electron chi connectivity index (χ0n) is 13.6. The van der Waals surface area contributed by atoms with Crippen molar-refractivity contribution in [3.63, 3.8) is 0 Å². The minimum Gasteiger partial charge on any atom is -0.474 e. The average molecular weight is 422 g/mol. The molecule has 0 spiro atoms. The summed E-state index contributed by atoms with van der Waals surface area (Å²) in [5.41, 5.74) is 0. The molecule has 10 nitrogen and oxygen atoms in total. The van der Waals surface area contributed by atoms with Crippen molar-refractivity contribution in [1.29, 1.82) is 5.26 Å². The van der Waals surface area contributed by atoms with E-state index >= 15 is 0 Å². The van der Waals surface area contributed by atoms with E-state index in [0.717, 1.165) is 0 Å². The van der Waals surface area contributed by atoms with Crippen LogP contribution >= 0.6 is 15.0 Å². The Labute approximate surface area is 156 Å². The lowest BCUT2D eigenvalue weighted by Gasteiger charge is -2.19.